The number of H-pyrrole nitrogens is 1. The van der Waals surface area contributed by atoms with E-state index in [1.165, 1.54) is 0 Å². The third kappa shape index (κ3) is 4.13. The molecule has 2 aromatic heterocycles. The molecule has 1 unspecified atom stereocenters. The summed E-state index contributed by atoms with van der Waals surface area (Å²) < 4.78 is 0. The smallest absolute Gasteiger partial charge is 0.138 e. The quantitative estimate of drug-likeness (QED) is 0.272. The van der Waals surface area contributed by atoms with Crippen LogP contribution in [0.4, 0.5) is 0 Å². The lowest BCUT2D eigenvalue weighted by Gasteiger charge is -2.11. The average molecular weight is 427 g/mol. The Kier molecular flexibility index (Phi) is 5.10. The maximum atomic E-state index is 9.60. The topological polar surface area (TPSA) is 74.2 Å². The van der Waals surface area contributed by atoms with Crippen LogP contribution < -0.4 is 0 Å². The van der Waals surface area contributed by atoms with Crippen molar-refractivity contribution in [2.75, 3.05) is 0 Å². The van der Waals surface area contributed by atoms with Crippen LogP contribution in [-0.4, -0.2) is 26.3 Å². The second kappa shape index (κ2) is 8.20. The van der Waals surface area contributed by atoms with E-state index in [4.69, 9.17) is 21.6 Å². The number of hydrogen-bond donors (Lipinski definition) is 2. The minimum Gasteiger partial charge on any atom is -0.508 e. The van der Waals surface area contributed by atoms with Gasteiger partial charge in [-0.15, -0.1) is 0 Å². The summed E-state index contributed by atoms with van der Waals surface area (Å²) in [5.41, 5.74) is 4.51. The molecule has 152 valence electrons. The SMILES string of the molecule is Oc1ccc(CC(N=Cc2cc3ccccc3nc2Cl)c2nc3ccccc3[nH]2)cc1. The zero-order valence-electron chi connectivity index (χ0n) is 16.5. The number of pyridine rings is 1. The molecule has 0 spiro atoms. The number of aromatic amines is 1. The molecular formula is C25H19ClN4O. The van der Waals surface area contributed by atoms with Gasteiger partial charge in [0.15, 0.2) is 0 Å². The number of hydrogen-bond acceptors (Lipinski definition) is 4. The van der Waals surface area contributed by atoms with E-state index in [0.717, 1.165) is 38.9 Å². The van der Waals surface area contributed by atoms with E-state index in [1.807, 2.05) is 66.7 Å². The minimum absolute atomic E-state index is 0.238. The van der Waals surface area contributed by atoms with Crippen LogP contribution in [0.25, 0.3) is 21.9 Å². The molecule has 0 saturated heterocycles. The Morgan fingerprint density at radius 3 is 2.48 bits per heavy atom. The fraction of sp³-hybridized carbons (Fsp3) is 0.0800. The van der Waals surface area contributed by atoms with Crippen molar-refractivity contribution in [2.24, 2.45) is 4.99 Å². The first-order chi connectivity index (χ1) is 15.2. The van der Waals surface area contributed by atoms with Gasteiger partial charge < -0.3 is 10.1 Å². The molecule has 1 atom stereocenters. The Balaban J connectivity index is 1.53. The van der Waals surface area contributed by atoms with E-state index in [1.54, 1.807) is 18.3 Å². The number of rotatable bonds is 5. The highest BCUT2D eigenvalue weighted by Crippen LogP contribution is 2.25. The molecule has 31 heavy (non-hydrogen) atoms. The molecule has 5 nitrogen and oxygen atoms in total. The minimum atomic E-state index is -0.250. The Morgan fingerprint density at radius 2 is 1.68 bits per heavy atom. The summed E-state index contributed by atoms with van der Waals surface area (Å²) in [7, 11) is 0. The van der Waals surface area contributed by atoms with Crippen LogP contribution in [-0.2, 0) is 6.42 Å². The monoisotopic (exact) mass is 426 g/mol. The molecule has 0 saturated carbocycles. The third-order valence-corrected chi connectivity index (χ3v) is 5.49. The zero-order valence-corrected chi connectivity index (χ0v) is 17.3. The van der Waals surface area contributed by atoms with Gasteiger partial charge in [0.05, 0.1) is 16.6 Å². The normalized spacial score (nSPS) is 12.7. The summed E-state index contributed by atoms with van der Waals surface area (Å²) in [5.74, 6) is 1.01. The van der Waals surface area contributed by atoms with Crippen LogP contribution in [0.5, 0.6) is 5.75 Å². The second-order valence-electron chi connectivity index (χ2n) is 7.36. The number of halogens is 1. The Hall–Kier alpha value is -3.70. The molecule has 0 aliphatic rings. The van der Waals surface area contributed by atoms with Crippen LogP contribution in [0.1, 0.15) is 23.0 Å². The molecule has 0 amide bonds. The molecule has 0 bridgehead atoms. The van der Waals surface area contributed by atoms with Crippen LogP contribution in [0.3, 0.4) is 0 Å². The average Bonchev–Trinajstić information content (AvgIpc) is 3.22. The first kappa shape index (κ1) is 19.3. The molecular weight excluding hydrogens is 408 g/mol. The van der Waals surface area contributed by atoms with Crippen molar-refractivity contribution >= 4 is 39.8 Å². The number of aromatic nitrogens is 3. The van der Waals surface area contributed by atoms with Crippen molar-refractivity contribution in [1.29, 1.82) is 0 Å². The molecule has 5 aromatic rings. The van der Waals surface area contributed by atoms with Crippen molar-refractivity contribution in [3.05, 3.63) is 101 Å². The number of aliphatic imine (C=N–C) groups is 1. The van der Waals surface area contributed by atoms with Crippen LogP contribution >= 0.6 is 11.6 Å². The maximum Gasteiger partial charge on any atom is 0.138 e. The van der Waals surface area contributed by atoms with E-state index >= 15 is 0 Å². The van der Waals surface area contributed by atoms with Gasteiger partial charge in [-0.3, -0.25) is 4.99 Å². The fourth-order valence-electron chi connectivity index (χ4n) is 3.58. The molecule has 0 fully saturated rings. The van der Waals surface area contributed by atoms with Gasteiger partial charge in [-0.05, 0) is 42.0 Å². The van der Waals surface area contributed by atoms with Gasteiger partial charge in [0.25, 0.3) is 0 Å². The molecule has 0 aliphatic heterocycles. The van der Waals surface area contributed by atoms with E-state index in [9.17, 15) is 5.11 Å². The van der Waals surface area contributed by atoms with Gasteiger partial charge in [-0.25, -0.2) is 9.97 Å². The van der Waals surface area contributed by atoms with E-state index in [0.29, 0.717) is 11.6 Å². The first-order valence-electron chi connectivity index (χ1n) is 9.97. The summed E-state index contributed by atoms with van der Waals surface area (Å²) in [6, 6.07) is 24.6. The Labute approximate surface area is 184 Å². The van der Waals surface area contributed by atoms with E-state index < -0.39 is 0 Å². The van der Waals surface area contributed by atoms with Crippen molar-refractivity contribution < 1.29 is 5.11 Å². The number of phenols is 1. The summed E-state index contributed by atoms with van der Waals surface area (Å²) in [5, 5.41) is 11.0. The summed E-state index contributed by atoms with van der Waals surface area (Å²) in [6.07, 6.45) is 2.38. The summed E-state index contributed by atoms with van der Waals surface area (Å²) in [4.78, 5) is 17.4. The summed E-state index contributed by atoms with van der Waals surface area (Å²) in [6.45, 7) is 0. The Bertz CT molecular complexity index is 1360. The molecule has 6 heteroatoms. The number of imidazole rings is 1. The van der Waals surface area contributed by atoms with Crippen LogP contribution in [0.2, 0.25) is 5.15 Å². The fourth-order valence-corrected chi connectivity index (χ4v) is 3.77. The van der Waals surface area contributed by atoms with Crippen molar-refractivity contribution in [1.82, 2.24) is 15.0 Å². The van der Waals surface area contributed by atoms with Gasteiger partial charge >= 0.3 is 0 Å². The molecule has 0 radical (unpaired) electrons. The summed E-state index contributed by atoms with van der Waals surface area (Å²) >= 11 is 6.42. The van der Waals surface area contributed by atoms with Gasteiger partial charge in [0.1, 0.15) is 22.8 Å². The lowest BCUT2D eigenvalue weighted by molar-refractivity contribution is 0.475. The number of nitrogens with one attached hydrogen (secondary N) is 1. The highest BCUT2D eigenvalue weighted by Gasteiger charge is 2.16. The Morgan fingerprint density at radius 1 is 0.935 bits per heavy atom. The highest BCUT2D eigenvalue weighted by atomic mass is 35.5. The number of fused-ring (bicyclic) bond motifs is 2. The van der Waals surface area contributed by atoms with Gasteiger partial charge in [0.2, 0.25) is 0 Å². The van der Waals surface area contributed by atoms with Crippen LogP contribution in [0.15, 0.2) is 83.9 Å². The van der Waals surface area contributed by atoms with E-state index in [-0.39, 0.29) is 11.8 Å². The van der Waals surface area contributed by atoms with Gasteiger partial charge in [0, 0.05) is 23.6 Å². The zero-order chi connectivity index (χ0) is 21.2. The predicted octanol–water partition coefficient (Wildman–Crippen LogP) is 5.87. The number of para-hydroxylation sites is 3. The maximum absolute atomic E-state index is 9.60. The highest BCUT2D eigenvalue weighted by molar-refractivity contribution is 6.32. The van der Waals surface area contributed by atoms with Gasteiger partial charge in [-0.1, -0.05) is 54.1 Å². The lowest BCUT2D eigenvalue weighted by Crippen LogP contribution is -2.04. The predicted molar refractivity (Wildman–Crippen MR) is 125 cm³/mol. The van der Waals surface area contributed by atoms with Crippen molar-refractivity contribution in [3.8, 4) is 5.75 Å². The third-order valence-electron chi connectivity index (χ3n) is 5.19. The number of nitrogens with zero attached hydrogens (tertiary/aromatic N) is 3. The van der Waals surface area contributed by atoms with Crippen molar-refractivity contribution in [3.63, 3.8) is 0 Å². The molecule has 2 heterocycles. The first-order valence-corrected chi connectivity index (χ1v) is 10.3. The number of benzene rings is 3. The molecule has 2 N–H and O–H groups in total. The van der Waals surface area contributed by atoms with Crippen molar-refractivity contribution in [2.45, 2.75) is 12.5 Å². The number of phenolic OH excluding ortho intramolecular Hbond substituents is 1. The number of aromatic hydroxyl groups is 1. The standard InChI is InChI=1S/C25H19ClN4O/c26-24-18(14-17-5-1-2-6-20(17)28-24)15-27-23(13-16-9-11-19(31)12-10-16)25-29-21-7-3-4-8-22(21)30-25/h1-12,14-15,23,31H,13H2,(H,29,30). The molecule has 5 rings (SSSR count). The van der Waals surface area contributed by atoms with Crippen LogP contribution in [0, 0.1) is 0 Å². The second-order valence-corrected chi connectivity index (χ2v) is 7.72. The van der Waals surface area contributed by atoms with E-state index in [2.05, 4.69) is 9.97 Å². The lowest BCUT2D eigenvalue weighted by atomic mass is 10.1. The van der Waals surface area contributed by atoms with Gasteiger partial charge in [-0.2, -0.15) is 0 Å². The molecule has 3 aromatic carbocycles. The molecule has 0 aliphatic carbocycles. The largest absolute Gasteiger partial charge is 0.508 e.